The predicted octanol–water partition coefficient (Wildman–Crippen LogP) is 4.55. The van der Waals surface area contributed by atoms with Gasteiger partial charge in [-0.05, 0) is 31.7 Å². The molecule has 1 aromatic carbocycles. The summed E-state index contributed by atoms with van der Waals surface area (Å²) in [4.78, 5) is 4.84. The first kappa shape index (κ1) is 16.7. The summed E-state index contributed by atoms with van der Waals surface area (Å²) in [6.45, 7) is 3.10. The van der Waals surface area contributed by atoms with Crippen LogP contribution in [0.25, 0.3) is 22.1 Å². The van der Waals surface area contributed by atoms with E-state index in [1.165, 1.54) is 23.9 Å². The van der Waals surface area contributed by atoms with Gasteiger partial charge in [0.25, 0.3) is 0 Å². The largest absolute Gasteiger partial charge is 0.361 e. The minimum absolute atomic E-state index is 0.690. The van der Waals surface area contributed by atoms with Gasteiger partial charge in [-0.3, -0.25) is 0 Å². The fourth-order valence-electron chi connectivity index (χ4n) is 3.90. The van der Waals surface area contributed by atoms with Gasteiger partial charge in [-0.1, -0.05) is 42.0 Å². The molecule has 0 fully saturated rings. The van der Waals surface area contributed by atoms with Gasteiger partial charge in [0.2, 0.25) is 5.16 Å². The van der Waals surface area contributed by atoms with Crippen molar-refractivity contribution in [2.75, 3.05) is 0 Å². The first-order valence-corrected chi connectivity index (χ1v) is 10.5. The van der Waals surface area contributed by atoms with E-state index in [9.17, 15) is 0 Å². The number of aryl methyl sites for hydroxylation is 2. The Labute approximate surface area is 161 Å². The van der Waals surface area contributed by atoms with Crippen molar-refractivity contribution in [3.8, 4) is 0 Å². The molecule has 0 N–H and O–H groups in total. The molecule has 3 heterocycles. The van der Waals surface area contributed by atoms with Crippen molar-refractivity contribution in [2.45, 2.75) is 56.5 Å². The van der Waals surface area contributed by atoms with E-state index >= 15 is 0 Å². The van der Waals surface area contributed by atoms with Crippen molar-refractivity contribution in [1.29, 1.82) is 0 Å². The average Bonchev–Trinajstić information content (AvgIpc) is 3.26. The van der Waals surface area contributed by atoms with Gasteiger partial charge in [0.05, 0.1) is 11.2 Å². The second-order valence-electron chi connectivity index (χ2n) is 6.96. The van der Waals surface area contributed by atoms with E-state index in [2.05, 4.69) is 45.0 Å². The van der Waals surface area contributed by atoms with E-state index in [4.69, 9.17) is 9.51 Å². The Morgan fingerprint density at radius 1 is 1.15 bits per heavy atom. The van der Waals surface area contributed by atoms with Crippen molar-refractivity contribution >= 4 is 33.8 Å². The van der Waals surface area contributed by atoms with Crippen molar-refractivity contribution < 1.29 is 4.52 Å². The molecule has 0 saturated carbocycles. The van der Waals surface area contributed by atoms with Crippen LogP contribution in [0.1, 0.15) is 43.2 Å². The van der Waals surface area contributed by atoms with E-state index in [-0.39, 0.29) is 0 Å². The summed E-state index contributed by atoms with van der Waals surface area (Å²) in [6.07, 6.45) is 5.53. The van der Waals surface area contributed by atoms with Crippen molar-refractivity contribution in [3.63, 3.8) is 0 Å². The molecule has 1 aliphatic carbocycles. The molecule has 0 spiro atoms. The molecule has 27 heavy (non-hydrogen) atoms. The number of benzene rings is 1. The normalized spacial score (nSPS) is 14.1. The second kappa shape index (κ2) is 6.96. The Bertz CT molecular complexity index is 1120. The van der Waals surface area contributed by atoms with Crippen LogP contribution in [-0.4, -0.2) is 24.9 Å². The minimum Gasteiger partial charge on any atom is -0.361 e. The lowest BCUT2D eigenvalue weighted by molar-refractivity contribution is 0.369. The summed E-state index contributed by atoms with van der Waals surface area (Å²) in [5.41, 5.74) is 5.29. The van der Waals surface area contributed by atoms with Gasteiger partial charge >= 0.3 is 0 Å². The van der Waals surface area contributed by atoms with Crippen LogP contribution >= 0.6 is 11.8 Å². The quantitative estimate of drug-likeness (QED) is 0.474. The number of nitrogens with zero attached hydrogens (tertiary/aromatic N) is 5. The lowest BCUT2D eigenvalue weighted by atomic mass is 9.97. The minimum atomic E-state index is 0.690. The standard InChI is InChI=1S/C20H21N5OS/c1-2-11-25-16-9-5-3-8-14(16)18-19(25)21-20(23-22-18)27-12-15-13-7-4-6-10-17(13)26-24-15/h3,5,8-9H,2,4,6-7,10-12H2,1H3. The third-order valence-electron chi connectivity index (χ3n) is 5.17. The molecule has 3 aromatic heterocycles. The first-order chi connectivity index (χ1) is 13.3. The average molecular weight is 379 g/mol. The van der Waals surface area contributed by atoms with Gasteiger partial charge in [0.15, 0.2) is 5.65 Å². The third-order valence-corrected chi connectivity index (χ3v) is 6.02. The number of aromatic nitrogens is 5. The van der Waals surface area contributed by atoms with Crippen LogP contribution in [0, 0.1) is 0 Å². The molecule has 7 heteroatoms. The molecule has 1 aliphatic rings. The highest BCUT2D eigenvalue weighted by Gasteiger charge is 2.20. The maximum atomic E-state index is 5.51. The van der Waals surface area contributed by atoms with Crippen molar-refractivity contribution in [2.24, 2.45) is 0 Å². The molecule has 5 rings (SSSR count). The van der Waals surface area contributed by atoms with Crippen LogP contribution in [-0.2, 0) is 25.1 Å². The van der Waals surface area contributed by atoms with Gasteiger partial charge in [-0.15, -0.1) is 10.2 Å². The molecule has 6 nitrogen and oxygen atoms in total. The van der Waals surface area contributed by atoms with Crippen LogP contribution in [0.2, 0.25) is 0 Å². The summed E-state index contributed by atoms with van der Waals surface area (Å²) < 4.78 is 7.76. The molecule has 0 radical (unpaired) electrons. The summed E-state index contributed by atoms with van der Waals surface area (Å²) in [7, 11) is 0. The number of hydrogen-bond donors (Lipinski definition) is 0. The lowest BCUT2D eigenvalue weighted by Gasteiger charge is -2.08. The summed E-state index contributed by atoms with van der Waals surface area (Å²) >= 11 is 1.58. The van der Waals surface area contributed by atoms with Crippen molar-refractivity contribution in [3.05, 3.63) is 41.3 Å². The summed E-state index contributed by atoms with van der Waals surface area (Å²) in [5, 5.41) is 15.0. The second-order valence-corrected chi connectivity index (χ2v) is 7.90. The molecular formula is C20H21N5OS. The number of para-hydroxylation sites is 1. The fraction of sp³-hybridized carbons (Fsp3) is 0.400. The Morgan fingerprint density at radius 3 is 2.96 bits per heavy atom. The summed E-state index contributed by atoms with van der Waals surface area (Å²) in [6, 6.07) is 8.32. The van der Waals surface area contributed by atoms with Crippen LogP contribution < -0.4 is 0 Å². The molecular weight excluding hydrogens is 358 g/mol. The highest BCUT2D eigenvalue weighted by atomic mass is 32.2. The molecule has 4 aromatic rings. The zero-order chi connectivity index (χ0) is 18.2. The fourth-order valence-corrected chi connectivity index (χ4v) is 4.64. The Hall–Kier alpha value is -2.41. The number of thioether (sulfide) groups is 1. The van der Waals surface area contributed by atoms with E-state index in [0.29, 0.717) is 5.16 Å². The van der Waals surface area contributed by atoms with Gasteiger partial charge in [-0.2, -0.15) is 0 Å². The number of hydrogen-bond acceptors (Lipinski definition) is 6. The molecule has 138 valence electrons. The highest BCUT2D eigenvalue weighted by Crippen LogP contribution is 2.30. The van der Waals surface area contributed by atoms with Gasteiger partial charge in [0.1, 0.15) is 11.3 Å². The SMILES string of the molecule is CCCn1c2ccccc2c2nnc(SCc3noc4c3CCCC4)nc21. The van der Waals surface area contributed by atoms with Crippen molar-refractivity contribution in [1.82, 2.24) is 24.9 Å². The highest BCUT2D eigenvalue weighted by molar-refractivity contribution is 7.98. The predicted molar refractivity (Wildman–Crippen MR) is 106 cm³/mol. The maximum Gasteiger partial charge on any atom is 0.211 e. The number of fused-ring (bicyclic) bond motifs is 4. The maximum absolute atomic E-state index is 5.51. The molecule has 0 amide bonds. The van der Waals surface area contributed by atoms with Crippen LogP contribution in [0.3, 0.4) is 0 Å². The first-order valence-electron chi connectivity index (χ1n) is 9.56. The summed E-state index contributed by atoms with van der Waals surface area (Å²) in [5.74, 6) is 1.79. The van der Waals surface area contributed by atoms with E-state index < -0.39 is 0 Å². The van der Waals surface area contributed by atoms with Gasteiger partial charge in [0, 0.05) is 29.7 Å². The topological polar surface area (TPSA) is 69.6 Å². The van der Waals surface area contributed by atoms with Crippen LogP contribution in [0.4, 0.5) is 0 Å². The smallest absolute Gasteiger partial charge is 0.211 e. The molecule has 0 bridgehead atoms. The lowest BCUT2D eigenvalue weighted by Crippen LogP contribution is -2.02. The van der Waals surface area contributed by atoms with Crippen LogP contribution in [0.5, 0.6) is 0 Å². The van der Waals surface area contributed by atoms with E-state index in [0.717, 1.165) is 59.6 Å². The third kappa shape index (κ3) is 2.90. The van der Waals surface area contributed by atoms with E-state index in [1.807, 2.05) is 6.07 Å². The Kier molecular flexibility index (Phi) is 4.32. The van der Waals surface area contributed by atoms with Gasteiger partial charge in [-0.25, -0.2) is 4.98 Å². The molecule has 0 aliphatic heterocycles. The molecule has 0 atom stereocenters. The Balaban J connectivity index is 1.48. The molecule has 0 unspecified atom stereocenters. The van der Waals surface area contributed by atoms with Crippen LogP contribution in [0.15, 0.2) is 33.9 Å². The van der Waals surface area contributed by atoms with Gasteiger partial charge < -0.3 is 9.09 Å². The monoisotopic (exact) mass is 379 g/mol. The zero-order valence-electron chi connectivity index (χ0n) is 15.3. The number of rotatable bonds is 5. The molecule has 0 saturated heterocycles. The Morgan fingerprint density at radius 2 is 2.04 bits per heavy atom. The zero-order valence-corrected chi connectivity index (χ0v) is 16.1. The van der Waals surface area contributed by atoms with E-state index in [1.54, 1.807) is 11.8 Å².